The Morgan fingerprint density at radius 1 is 0.621 bits per heavy atom. The van der Waals surface area contributed by atoms with Crippen molar-refractivity contribution in [2.45, 2.75) is 12.4 Å². The molecule has 6 atom stereocenters. The van der Waals surface area contributed by atoms with Crippen LogP contribution in [0, 0.1) is 35.5 Å². The number of amides is 2. The number of hydrogen-bond acceptors (Lipinski definition) is 2. The van der Waals surface area contributed by atoms with E-state index in [9.17, 15) is 35.9 Å². The van der Waals surface area contributed by atoms with E-state index in [-0.39, 0.29) is 29.7 Å². The number of carbonyl (C=O) groups excluding carboxylic acids is 2. The molecule has 1 aliphatic heterocycles. The van der Waals surface area contributed by atoms with Crippen molar-refractivity contribution >= 4 is 17.5 Å². The molecule has 2 amide bonds. The fourth-order valence-electron chi connectivity index (χ4n) is 5.21. The molecule has 1 aromatic carbocycles. The molecule has 5 aliphatic rings. The van der Waals surface area contributed by atoms with Crippen LogP contribution in [0.3, 0.4) is 0 Å². The summed E-state index contributed by atoms with van der Waals surface area (Å²) in [6.45, 7) is 0. The lowest BCUT2D eigenvalue weighted by atomic mass is 9.50. The summed E-state index contributed by atoms with van der Waals surface area (Å²) >= 11 is 0. The van der Waals surface area contributed by atoms with Gasteiger partial charge in [-0.25, -0.2) is 4.90 Å². The zero-order valence-corrected chi connectivity index (χ0v) is 14.5. The number of carbonyl (C=O) groups is 2. The molecule has 0 N–H and O–H groups in total. The zero-order chi connectivity index (χ0) is 20.9. The Morgan fingerprint density at radius 3 is 1.34 bits per heavy atom. The van der Waals surface area contributed by atoms with Crippen molar-refractivity contribution < 1.29 is 35.9 Å². The van der Waals surface area contributed by atoms with Crippen LogP contribution in [0.5, 0.6) is 0 Å². The van der Waals surface area contributed by atoms with Crippen molar-refractivity contribution in [2.75, 3.05) is 4.90 Å². The van der Waals surface area contributed by atoms with E-state index in [1.165, 1.54) is 0 Å². The van der Waals surface area contributed by atoms with Crippen LogP contribution >= 0.6 is 0 Å². The van der Waals surface area contributed by atoms with Crippen molar-refractivity contribution in [3.05, 3.63) is 53.6 Å². The molecule has 1 aromatic rings. The minimum Gasteiger partial charge on any atom is -0.274 e. The van der Waals surface area contributed by atoms with Crippen molar-refractivity contribution in [3.63, 3.8) is 0 Å². The summed E-state index contributed by atoms with van der Waals surface area (Å²) in [5.74, 6) is -3.36. The van der Waals surface area contributed by atoms with E-state index in [0.29, 0.717) is 17.0 Å². The van der Waals surface area contributed by atoms with Crippen LogP contribution in [0.4, 0.5) is 32.0 Å². The number of anilines is 1. The SMILES string of the molecule is O=C1[C@@H]2[C@@H]3C=C[C@@H]([C@H]4C=C[C@H]43)[C@@H]2C(=O)N1c1cc(C(F)(F)F)cc(C(F)(F)F)c1. The van der Waals surface area contributed by atoms with Crippen molar-refractivity contribution in [1.29, 1.82) is 0 Å². The predicted molar refractivity (Wildman–Crippen MR) is 88.2 cm³/mol. The Labute approximate surface area is 160 Å². The van der Waals surface area contributed by atoms with E-state index in [2.05, 4.69) is 0 Å². The second kappa shape index (κ2) is 5.52. The summed E-state index contributed by atoms with van der Waals surface area (Å²) in [6, 6.07) is 0.853. The Kier molecular flexibility index (Phi) is 3.51. The van der Waals surface area contributed by atoms with Gasteiger partial charge in [-0.3, -0.25) is 9.59 Å². The number of rotatable bonds is 1. The smallest absolute Gasteiger partial charge is 0.274 e. The first kappa shape index (κ1) is 18.4. The summed E-state index contributed by atoms with van der Waals surface area (Å²) in [5, 5.41) is 0. The third kappa shape index (κ3) is 2.45. The fourth-order valence-corrected chi connectivity index (χ4v) is 5.21. The third-order valence-electron chi connectivity index (χ3n) is 6.50. The van der Waals surface area contributed by atoms with Crippen LogP contribution in [0.15, 0.2) is 42.5 Å². The number of benzene rings is 1. The van der Waals surface area contributed by atoms with Crippen LogP contribution in [0.25, 0.3) is 0 Å². The highest BCUT2D eigenvalue weighted by atomic mass is 19.4. The van der Waals surface area contributed by atoms with E-state index in [1.807, 2.05) is 24.3 Å². The van der Waals surface area contributed by atoms with E-state index in [1.54, 1.807) is 0 Å². The fraction of sp³-hybridized carbons (Fsp3) is 0.400. The van der Waals surface area contributed by atoms with Gasteiger partial charge in [0, 0.05) is 0 Å². The largest absolute Gasteiger partial charge is 0.416 e. The van der Waals surface area contributed by atoms with E-state index >= 15 is 0 Å². The Bertz CT molecular complexity index is 919. The molecule has 0 unspecified atom stereocenters. The molecule has 1 saturated heterocycles. The van der Waals surface area contributed by atoms with Gasteiger partial charge in [0.2, 0.25) is 11.8 Å². The molecule has 152 valence electrons. The van der Waals surface area contributed by atoms with Crippen LogP contribution < -0.4 is 4.90 Å². The molecule has 0 aromatic heterocycles. The maximum atomic E-state index is 13.2. The summed E-state index contributed by atoms with van der Waals surface area (Å²) in [4.78, 5) is 26.6. The van der Waals surface area contributed by atoms with Gasteiger partial charge in [0.15, 0.2) is 0 Å². The minimum absolute atomic E-state index is 0.0169. The molecule has 29 heavy (non-hydrogen) atoms. The summed E-state index contributed by atoms with van der Waals surface area (Å²) < 4.78 is 79.1. The van der Waals surface area contributed by atoms with Crippen molar-refractivity contribution in [1.82, 2.24) is 0 Å². The van der Waals surface area contributed by atoms with Crippen molar-refractivity contribution in [3.8, 4) is 0 Å². The molecule has 3 nitrogen and oxygen atoms in total. The first-order chi connectivity index (χ1) is 13.5. The first-order valence-corrected chi connectivity index (χ1v) is 9.02. The van der Waals surface area contributed by atoms with Gasteiger partial charge >= 0.3 is 12.4 Å². The highest BCUT2D eigenvalue weighted by Crippen LogP contribution is 2.59. The average Bonchev–Trinajstić information content (AvgIpc) is 2.85. The number of nitrogens with zero attached hydrogens (tertiary/aromatic N) is 1. The Hall–Kier alpha value is -2.58. The highest BCUT2D eigenvalue weighted by molar-refractivity contribution is 6.22. The van der Waals surface area contributed by atoms with Gasteiger partial charge in [-0.1, -0.05) is 24.3 Å². The summed E-state index contributed by atoms with van der Waals surface area (Å²) in [6.07, 6.45) is -2.55. The lowest BCUT2D eigenvalue weighted by Crippen LogP contribution is -2.50. The van der Waals surface area contributed by atoms with E-state index < -0.39 is 52.8 Å². The molecule has 1 heterocycles. The predicted octanol–water partition coefficient (Wildman–Crippen LogP) is 4.45. The standard InChI is InChI=1S/C20H13F6NO2/c21-19(22,23)8-5-9(20(24,25)26)7-10(6-8)27-17(28)15-13-3-4-14(16(15)18(27)29)12-2-1-11(12)13/h1-7,11-16H/t11-,12+,13-,14+,15-,16+. The number of halogens is 6. The topological polar surface area (TPSA) is 37.4 Å². The highest BCUT2D eigenvalue weighted by Gasteiger charge is 2.63. The van der Waals surface area contributed by atoms with Gasteiger partial charge < -0.3 is 0 Å². The van der Waals surface area contributed by atoms with Gasteiger partial charge in [0.25, 0.3) is 0 Å². The summed E-state index contributed by atoms with van der Waals surface area (Å²) in [7, 11) is 0. The zero-order valence-electron chi connectivity index (χ0n) is 14.5. The van der Waals surface area contributed by atoms with Crippen LogP contribution in [0.2, 0.25) is 0 Å². The van der Waals surface area contributed by atoms with Crippen molar-refractivity contribution in [2.24, 2.45) is 35.5 Å². The quantitative estimate of drug-likeness (QED) is 0.388. The van der Waals surface area contributed by atoms with Gasteiger partial charge in [0.1, 0.15) is 0 Å². The molecule has 0 spiro atoms. The number of hydrogen-bond donors (Lipinski definition) is 0. The van der Waals surface area contributed by atoms with Crippen LogP contribution in [0.1, 0.15) is 11.1 Å². The Balaban J connectivity index is 1.61. The maximum Gasteiger partial charge on any atom is 0.416 e. The number of alkyl halides is 6. The van der Waals surface area contributed by atoms with E-state index in [4.69, 9.17) is 0 Å². The maximum absolute atomic E-state index is 13.2. The summed E-state index contributed by atoms with van der Waals surface area (Å²) in [5.41, 5.74) is -3.79. The van der Waals surface area contributed by atoms with Crippen LogP contribution in [-0.2, 0) is 21.9 Å². The molecule has 1 saturated carbocycles. The molecule has 2 bridgehead atoms. The van der Waals surface area contributed by atoms with Gasteiger partial charge in [-0.05, 0) is 41.9 Å². The number of imide groups is 1. The normalized spacial score (nSPS) is 35.0. The third-order valence-corrected chi connectivity index (χ3v) is 6.50. The van der Waals surface area contributed by atoms with E-state index in [0.717, 1.165) is 0 Å². The molecular weight excluding hydrogens is 400 g/mol. The minimum atomic E-state index is -5.06. The van der Waals surface area contributed by atoms with Crippen LogP contribution in [-0.4, -0.2) is 11.8 Å². The molecule has 6 rings (SSSR count). The van der Waals surface area contributed by atoms with Gasteiger partial charge in [-0.15, -0.1) is 0 Å². The van der Waals surface area contributed by atoms with Gasteiger partial charge in [0.05, 0.1) is 28.7 Å². The Morgan fingerprint density at radius 2 is 1.00 bits per heavy atom. The molecule has 4 aliphatic carbocycles. The second-order valence-corrected chi connectivity index (χ2v) is 7.91. The molecular formula is C20H13F6NO2. The van der Waals surface area contributed by atoms with Gasteiger partial charge in [-0.2, -0.15) is 26.3 Å². The average molecular weight is 413 g/mol. The second-order valence-electron chi connectivity index (χ2n) is 7.91. The number of allylic oxidation sites excluding steroid dienone is 4. The molecule has 2 fully saturated rings. The molecule has 0 radical (unpaired) electrons. The lowest BCUT2D eigenvalue weighted by Gasteiger charge is -2.51. The monoisotopic (exact) mass is 413 g/mol. The first-order valence-electron chi connectivity index (χ1n) is 9.02. The molecule has 9 heteroatoms. The lowest BCUT2D eigenvalue weighted by molar-refractivity contribution is -0.143.